The van der Waals surface area contributed by atoms with Crippen molar-refractivity contribution in [2.75, 3.05) is 34.2 Å². The van der Waals surface area contributed by atoms with Crippen LogP contribution in [0.4, 0.5) is 0 Å². The van der Waals surface area contributed by atoms with Gasteiger partial charge in [-0.25, -0.2) is 0 Å². The Morgan fingerprint density at radius 1 is 1.45 bits per heavy atom. The summed E-state index contributed by atoms with van der Waals surface area (Å²) in [5.74, 6) is 0.606. The SMILES string of the molecule is CCC(C1CN(C)CCc2cc(Cl)c(O)cc21)N(C)C. The van der Waals surface area contributed by atoms with Crippen molar-refractivity contribution in [1.82, 2.24) is 9.80 Å². The van der Waals surface area contributed by atoms with Gasteiger partial charge in [0.05, 0.1) is 5.02 Å². The molecule has 1 N–H and O–H groups in total. The average Bonchev–Trinajstić information content (AvgIpc) is 2.52. The summed E-state index contributed by atoms with van der Waals surface area (Å²) in [5, 5.41) is 10.4. The summed E-state index contributed by atoms with van der Waals surface area (Å²) in [6.45, 7) is 4.28. The predicted octanol–water partition coefficient (Wildman–Crippen LogP) is 2.96. The maximum Gasteiger partial charge on any atom is 0.134 e. The van der Waals surface area contributed by atoms with Gasteiger partial charge >= 0.3 is 0 Å². The van der Waals surface area contributed by atoms with Gasteiger partial charge in [0, 0.05) is 25.0 Å². The maximum atomic E-state index is 9.98. The molecule has 0 fully saturated rings. The first-order valence-electron chi connectivity index (χ1n) is 7.30. The summed E-state index contributed by atoms with van der Waals surface area (Å²) in [4.78, 5) is 4.67. The van der Waals surface area contributed by atoms with Crippen molar-refractivity contribution in [2.45, 2.75) is 31.7 Å². The van der Waals surface area contributed by atoms with Crippen LogP contribution in [0.1, 0.15) is 30.4 Å². The quantitative estimate of drug-likeness (QED) is 0.929. The number of hydrogen-bond acceptors (Lipinski definition) is 3. The summed E-state index contributed by atoms with van der Waals surface area (Å²) in [6, 6.07) is 4.30. The molecule has 1 aliphatic heterocycles. The summed E-state index contributed by atoms with van der Waals surface area (Å²) >= 11 is 6.08. The molecule has 4 heteroatoms. The molecular formula is C16H25ClN2O. The molecule has 2 rings (SSSR count). The van der Waals surface area contributed by atoms with Crippen LogP contribution in [0.2, 0.25) is 5.02 Å². The van der Waals surface area contributed by atoms with E-state index < -0.39 is 0 Å². The number of phenols is 1. The molecule has 0 spiro atoms. The monoisotopic (exact) mass is 296 g/mol. The first-order valence-corrected chi connectivity index (χ1v) is 7.68. The number of benzene rings is 1. The highest BCUT2D eigenvalue weighted by Gasteiger charge is 2.29. The lowest BCUT2D eigenvalue weighted by Gasteiger charge is -2.34. The second-order valence-corrected chi connectivity index (χ2v) is 6.47. The topological polar surface area (TPSA) is 26.7 Å². The molecule has 1 aromatic rings. The molecule has 0 aromatic heterocycles. The molecular weight excluding hydrogens is 272 g/mol. The van der Waals surface area contributed by atoms with E-state index in [0.717, 1.165) is 25.9 Å². The lowest BCUT2D eigenvalue weighted by molar-refractivity contribution is 0.208. The number of rotatable bonds is 3. The van der Waals surface area contributed by atoms with Crippen molar-refractivity contribution < 1.29 is 5.11 Å². The first-order chi connectivity index (χ1) is 9.43. The zero-order valence-corrected chi connectivity index (χ0v) is 13.6. The molecule has 2 unspecified atom stereocenters. The second-order valence-electron chi connectivity index (χ2n) is 6.06. The highest BCUT2D eigenvalue weighted by atomic mass is 35.5. The van der Waals surface area contributed by atoms with E-state index in [2.05, 4.69) is 37.9 Å². The molecule has 1 aliphatic rings. The van der Waals surface area contributed by atoms with Crippen LogP contribution in [0.3, 0.4) is 0 Å². The van der Waals surface area contributed by atoms with E-state index in [4.69, 9.17) is 11.6 Å². The third-order valence-corrected chi connectivity index (χ3v) is 4.73. The Bertz CT molecular complexity index is 476. The van der Waals surface area contributed by atoms with Gasteiger partial charge in [-0.3, -0.25) is 0 Å². The molecule has 1 heterocycles. The summed E-state index contributed by atoms with van der Waals surface area (Å²) in [7, 11) is 6.44. The van der Waals surface area contributed by atoms with Gasteiger partial charge in [0.25, 0.3) is 0 Å². The van der Waals surface area contributed by atoms with Gasteiger partial charge in [-0.15, -0.1) is 0 Å². The van der Waals surface area contributed by atoms with Crippen LogP contribution in [0.25, 0.3) is 0 Å². The molecule has 112 valence electrons. The highest BCUT2D eigenvalue weighted by molar-refractivity contribution is 6.32. The van der Waals surface area contributed by atoms with Crippen molar-refractivity contribution in [3.05, 3.63) is 28.3 Å². The van der Waals surface area contributed by atoms with Crippen LogP contribution in [0.5, 0.6) is 5.75 Å². The summed E-state index contributed by atoms with van der Waals surface area (Å²) in [5.41, 5.74) is 2.54. The fraction of sp³-hybridized carbons (Fsp3) is 0.625. The van der Waals surface area contributed by atoms with Gasteiger partial charge in [-0.05, 0) is 57.2 Å². The highest BCUT2D eigenvalue weighted by Crippen LogP contribution is 2.36. The maximum absolute atomic E-state index is 9.98. The Labute approximate surface area is 127 Å². The number of nitrogens with zero attached hydrogens (tertiary/aromatic N) is 2. The Hall–Kier alpha value is -0.770. The van der Waals surface area contributed by atoms with Crippen molar-refractivity contribution in [2.24, 2.45) is 0 Å². The van der Waals surface area contributed by atoms with E-state index in [9.17, 15) is 5.11 Å². The van der Waals surface area contributed by atoms with Gasteiger partial charge in [0.2, 0.25) is 0 Å². The van der Waals surface area contributed by atoms with E-state index in [1.807, 2.05) is 12.1 Å². The molecule has 2 atom stereocenters. The van der Waals surface area contributed by atoms with Crippen LogP contribution < -0.4 is 0 Å². The Kier molecular flexibility index (Phi) is 4.95. The minimum Gasteiger partial charge on any atom is -0.506 e. The summed E-state index contributed by atoms with van der Waals surface area (Å²) < 4.78 is 0. The van der Waals surface area contributed by atoms with E-state index in [1.54, 1.807) is 0 Å². The molecule has 0 aliphatic carbocycles. The largest absolute Gasteiger partial charge is 0.506 e. The molecule has 0 bridgehead atoms. The number of likely N-dealkylation sites (N-methyl/N-ethyl adjacent to an activating group) is 2. The Balaban J connectivity index is 2.48. The third-order valence-electron chi connectivity index (χ3n) is 4.43. The molecule has 0 radical (unpaired) electrons. The van der Waals surface area contributed by atoms with E-state index in [0.29, 0.717) is 17.0 Å². The van der Waals surface area contributed by atoms with Gasteiger partial charge < -0.3 is 14.9 Å². The van der Waals surface area contributed by atoms with E-state index in [1.165, 1.54) is 11.1 Å². The molecule has 0 saturated carbocycles. The fourth-order valence-electron chi connectivity index (χ4n) is 3.36. The molecule has 0 saturated heterocycles. The van der Waals surface area contributed by atoms with Crippen molar-refractivity contribution >= 4 is 11.6 Å². The minimum atomic E-state index is 0.202. The fourth-order valence-corrected chi connectivity index (χ4v) is 3.54. The van der Waals surface area contributed by atoms with Crippen LogP contribution >= 0.6 is 11.6 Å². The standard InChI is InChI=1S/C16H25ClN2O/c1-5-15(18(2)3)13-10-19(4)7-6-11-8-14(17)16(20)9-12(11)13/h8-9,13,15,20H,5-7,10H2,1-4H3. The Morgan fingerprint density at radius 2 is 2.15 bits per heavy atom. The molecule has 0 amide bonds. The molecule has 20 heavy (non-hydrogen) atoms. The average molecular weight is 297 g/mol. The predicted molar refractivity (Wildman–Crippen MR) is 84.8 cm³/mol. The van der Waals surface area contributed by atoms with Crippen LogP contribution in [-0.2, 0) is 6.42 Å². The smallest absolute Gasteiger partial charge is 0.134 e. The number of aromatic hydroxyl groups is 1. The van der Waals surface area contributed by atoms with Crippen molar-refractivity contribution in [3.8, 4) is 5.75 Å². The summed E-state index contributed by atoms with van der Waals surface area (Å²) in [6.07, 6.45) is 2.08. The number of fused-ring (bicyclic) bond motifs is 1. The molecule has 3 nitrogen and oxygen atoms in total. The van der Waals surface area contributed by atoms with Crippen LogP contribution in [0, 0.1) is 0 Å². The van der Waals surface area contributed by atoms with Crippen LogP contribution in [0.15, 0.2) is 12.1 Å². The van der Waals surface area contributed by atoms with E-state index >= 15 is 0 Å². The zero-order chi connectivity index (χ0) is 14.9. The second kappa shape index (κ2) is 6.33. The first kappa shape index (κ1) is 15.6. The lowest BCUT2D eigenvalue weighted by atomic mass is 9.86. The number of phenolic OH excluding ortho intramolecular Hbond substituents is 1. The van der Waals surface area contributed by atoms with Gasteiger partial charge in [0.1, 0.15) is 5.75 Å². The minimum absolute atomic E-state index is 0.202. The zero-order valence-electron chi connectivity index (χ0n) is 12.9. The number of hydrogen-bond donors (Lipinski definition) is 1. The lowest BCUT2D eigenvalue weighted by Crippen LogP contribution is -2.38. The third kappa shape index (κ3) is 3.11. The Morgan fingerprint density at radius 3 is 2.75 bits per heavy atom. The van der Waals surface area contributed by atoms with Gasteiger partial charge in [-0.2, -0.15) is 0 Å². The number of halogens is 1. The van der Waals surface area contributed by atoms with Gasteiger partial charge in [-0.1, -0.05) is 18.5 Å². The van der Waals surface area contributed by atoms with Gasteiger partial charge in [0.15, 0.2) is 0 Å². The van der Waals surface area contributed by atoms with Crippen molar-refractivity contribution in [3.63, 3.8) is 0 Å². The normalized spacial score (nSPS) is 21.6. The molecule has 1 aromatic carbocycles. The van der Waals surface area contributed by atoms with E-state index in [-0.39, 0.29) is 5.75 Å². The van der Waals surface area contributed by atoms with Crippen LogP contribution in [-0.4, -0.2) is 55.2 Å². The van der Waals surface area contributed by atoms with Crippen molar-refractivity contribution in [1.29, 1.82) is 0 Å².